The number of hydrogen-bond acceptors (Lipinski definition) is 3. The summed E-state index contributed by atoms with van der Waals surface area (Å²) in [5.74, 6) is 1.08. The summed E-state index contributed by atoms with van der Waals surface area (Å²) in [6, 6.07) is 3.78. The summed E-state index contributed by atoms with van der Waals surface area (Å²) in [7, 11) is 0. The zero-order chi connectivity index (χ0) is 10.5. The summed E-state index contributed by atoms with van der Waals surface area (Å²) in [5, 5.41) is 3.20. The van der Waals surface area contributed by atoms with Gasteiger partial charge in [0.15, 0.2) is 5.78 Å². The van der Waals surface area contributed by atoms with Gasteiger partial charge in [-0.3, -0.25) is 9.78 Å². The zero-order valence-corrected chi connectivity index (χ0v) is 8.78. The van der Waals surface area contributed by atoms with E-state index in [-0.39, 0.29) is 5.78 Å². The minimum Gasteiger partial charge on any atom is -0.310 e. The van der Waals surface area contributed by atoms with Crippen LogP contribution >= 0.6 is 0 Å². The first kappa shape index (κ1) is 10.3. The Labute approximate surface area is 89.9 Å². The van der Waals surface area contributed by atoms with Gasteiger partial charge in [-0.05, 0) is 43.0 Å². The van der Waals surface area contributed by atoms with Crippen LogP contribution in [0.5, 0.6) is 0 Å². The van der Waals surface area contributed by atoms with Crippen LogP contribution in [0.4, 0.5) is 0 Å². The second-order valence-electron chi connectivity index (χ2n) is 4.15. The molecule has 0 aliphatic heterocycles. The van der Waals surface area contributed by atoms with Gasteiger partial charge in [-0.1, -0.05) is 0 Å². The molecule has 0 saturated heterocycles. The van der Waals surface area contributed by atoms with E-state index in [9.17, 15) is 4.79 Å². The Kier molecular flexibility index (Phi) is 3.45. The van der Waals surface area contributed by atoms with Crippen molar-refractivity contribution in [1.29, 1.82) is 0 Å². The molecule has 1 aliphatic carbocycles. The minimum absolute atomic E-state index is 0.252. The fraction of sp³-hybridized carbons (Fsp3) is 0.500. The molecule has 80 valence electrons. The van der Waals surface area contributed by atoms with Gasteiger partial charge in [0.05, 0.1) is 6.54 Å². The van der Waals surface area contributed by atoms with Crippen molar-refractivity contribution in [2.45, 2.75) is 19.3 Å². The maximum absolute atomic E-state index is 11.5. The lowest BCUT2D eigenvalue weighted by molar-refractivity contribution is -0.117. The van der Waals surface area contributed by atoms with Crippen molar-refractivity contribution in [3.05, 3.63) is 30.1 Å². The van der Waals surface area contributed by atoms with E-state index in [0.717, 1.165) is 18.0 Å². The summed E-state index contributed by atoms with van der Waals surface area (Å²) in [6.45, 7) is 1.50. The Hall–Kier alpha value is -1.22. The highest BCUT2D eigenvalue weighted by atomic mass is 16.1. The molecule has 0 unspecified atom stereocenters. The molecule has 1 heterocycles. The number of nitrogens with zero attached hydrogens (tertiary/aromatic N) is 1. The van der Waals surface area contributed by atoms with Crippen LogP contribution in [0.3, 0.4) is 0 Å². The number of rotatable bonds is 6. The SMILES string of the molecule is O=C(CNCC1CC1)Cc1ccncc1. The quantitative estimate of drug-likeness (QED) is 0.757. The Morgan fingerprint density at radius 3 is 2.80 bits per heavy atom. The molecule has 1 N–H and O–H groups in total. The molecule has 1 aromatic heterocycles. The number of nitrogens with one attached hydrogen (secondary N) is 1. The van der Waals surface area contributed by atoms with E-state index < -0.39 is 0 Å². The van der Waals surface area contributed by atoms with Crippen LogP contribution in [0.25, 0.3) is 0 Å². The number of carbonyl (C=O) groups excluding carboxylic acids is 1. The Balaban J connectivity index is 1.67. The highest BCUT2D eigenvalue weighted by Crippen LogP contribution is 2.27. The van der Waals surface area contributed by atoms with E-state index >= 15 is 0 Å². The molecule has 1 fully saturated rings. The standard InChI is InChI=1S/C12H16N2O/c15-12(9-14-8-11-1-2-11)7-10-3-5-13-6-4-10/h3-6,11,14H,1-2,7-9H2. The van der Waals surface area contributed by atoms with Gasteiger partial charge < -0.3 is 5.32 Å². The van der Waals surface area contributed by atoms with E-state index in [1.165, 1.54) is 12.8 Å². The first-order chi connectivity index (χ1) is 7.34. The molecular weight excluding hydrogens is 188 g/mol. The molecule has 0 bridgehead atoms. The van der Waals surface area contributed by atoms with Gasteiger partial charge in [0.1, 0.15) is 0 Å². The molecule has 0 aromatic carbocycles. The van der Waals surface area contributed by atoms with E-state index in [1.54, 1.807) is 12.4 Å². The highest BCUT2D eigenvalue weighted by Gasteiger charge is 2.20. The number of aromatic nitrogens is 1. The summed E-state index contributed by atoms with van der Waals surface area (Å²) < 4.78 is 0. The van der Waals surface area contributed by atoms with Crippen LogP contribution in [0.2, 0.25) is 0 Å². The number of Topliss-reactive ketones (excluding diaryl/α,β-unsaturated/α-hetero) is 1. The van der Waals surface area contributed by atoms with Crippen molar-refractivity contribution >= 4 is 5.78 Å². The summed E-state index contributed by atoms with van der Waals surface area (Å²) in [6.07, 6.45) is 6.61. The maximum atomic E-state index is 11.5. The Morgan fingerprint density at radius 2 is 2.13 bits per heavy atom. The molecule has 0 atom stereocenters. The second-order valence-corrected chi connectivity index (χ2v) is 4.15. The molecule has 3 heteroatoms. The third kappa shape index (κ3) is 3.80. The van der Waals surface area contributed by atoms with Crippen LogP contribution in [0.1, 0.15) is 18.4 Å². The lowest BCUT2D eigenvalue weighted by Gasteiger charge is -2.02. The van der Waals surface area contributed by atoms with Crippen LogP contribution in [-0.4, -0.2) is 23.9 Å². The smallest absolute Gasteiger partial charge is 0.150 e. The van der Waals surface area contributed by atoms with Gasteiger partial charge in [-0.25, -0.2) is 0 Å². The van der Waals surface area contributed by atoms with Crippen LogP contribution in [-0.2, 0) is 11.2 Å². The topological polar surface area (TPSA) is 42.0 Å². The van der Waals surface area contributed by atoms with E-state index in [4.69, 9.17) is 0 Å². The third-order valence-corrected chi connectivity index (χ3v) is 2.60. The molecule has 1 aromatic rings. The van der Waals surface area contributed by atoms with Crippen molar-refractivity contribution < 1.29 is 4.79 Å². The number of pyridine rings is 1. The number of hydrogen-bond donors (Lipinski definition) is 1. The molecule has 0 spiro atoms. The van der Waals surface area contributed by atoms with Crippen molar-refractivity contribution in [1.82, 2.24) is 10.3 Å². The van der Waals surface area contributed by atoms with E-state index in [0.29, 0.717) is 13.0 Å². The molecule has 15 heavy (non-hydrogen) atoms. The molecule has 1 saturated carbocycles. The maximum Gasteiger partial charge on any atom is 0.150 e. The summed E-state index contributed by atoms with van der Waals surface area (Å²) >= 11 is 0. The predicted molar refractivity (Wildman–Crippen MR) is 58.5 cm³/mol. The largest absolute Gasteiger partial charge is 0.310 e. The summed E-state index contributed by atoms with van der Waals surface area (Å²) in [5.41, 5.74) is 1.04. The first-order valence-electron chi connectivity index (χ1n) is 5.46. The monoisotopic (exact) mass is 204 g/mol. The zero-order valence-electron chi connectivity index (χ0n) is 8.78. The average Bonchev–Trinajstić information content (AvgIpc) is 3.03. The fourth-order valence-corrected chi connectivity index (χ4v) is 1.53. The van der Waals surface area contributed by atoms with Crippen LogP contribution < -0.4 is 5.32 Å². The van der Waals surface area contributed by atoms with Gasteiger partial charge in [-0.2, -0.15) is 0 Å². The lowest BCUT2D eigenvalue weighted by atomic mass is 10.1. The first-order valence-corrected chi connectivity index (χ1v) is 5.46. The number of carbonyl (C=O) groups is 1. The average molecular weight is 204 g/mol. The van der Waals surface area contributed by atoms with Crippen molar-refractivity contribution in [3.8, 4) is 0 Å². The van der Waals surface area contributed by atoms with Gasteiger partial charge in [0.25, 0.3) is 0 Å². The number of ketones is 1. The molecule has 1 aliphatic rings. The van der Waals surface area contributed by atoms with Crippen molar-refractivity contribution in [3.63, 3.8) is 0 Å². The lowest BCUT2D eigenvalue weighted by Crippen LogP contribution is -2.26. The van der Waals surface area contributed by atoms with E-state index in [1.807, 2.05) is 12.1 Å². The highest BCUT2D eigenvalue weighted by molar-refractivity contribution is 5.82. The van der Waals surface area contributed by atoms with Gasteiger partial charge in [-0.15, -0.1) is 0 Å². The normalized spacial score (nSPS) is 15.2. The molecule has 3 nitrogen and oxygen atoms in total. The molecule has 0 radical (unpaired) electrons. The molecule has 0 amide bonds. The second kappa shape index (κ2) is 5.03. The molecular formula is C12H16N2O. The van der Waals surface area contributed by atoms with Gasteiger partial charge >= 0.3 is 0 Å². The fourth-order valence-electron chi connectivity index (χ4n) is 1.53. The third-order valence-electron chi connectivity index (χ3n) is 2.60. The molecule has 2 rings (SSSR count). The van der Waals surface area contributed by atoms with Crippen molar-refractivity contribution in [2.24, 2.45) is 5.92 Å². The van der Waals surface area contributed by atoms with Crippen LogP contribution in [0, 0.1) is 5.92 Å². The van der Waals surface area contributed by atoms with Crippen molar-refractivity contribution in [2.75, 3.05) is 13.1 Å². The minimum atomic E-state index is 0.252. The van der Waals surface area contributed by atoms with Gasteiger partial charge in [0, 0.05) is 18.8 Å². The van der Waals surface area contributed by atoms with Gasteiger partial charge in [0.2, 0.25) is 0 Å². The Bertz CT molecular complexity index is 320. The summed E-state index contributed by atoms with van der Waals surface area (Å²) in [4.78, 5) is 15.5. The van der Waals surface area contributed by atoms with Crippen LogP contribution in [0.15, 0.2) is 24.5 Å². The van der Waals surface area contributed by atoms with E-state index in [2.05, 4.69) is 10.3 Å². The predicted octanol–water partition coefficient (Wildman–Crippen LogP) is 1.19. The Morgan fingerprint density at radius 1 is 1.40 bits per heavy atom.